The number of carbonyl (C=O) groups is 2. The monoisotopic (exact) mass is 492 g/mol. The molecule has 2 rings (SSSR count). The van der Waals surface area contributed by atoms with Gasteiger partial charge in [0.2, 0.25) is 0 Å². The van der Waals surface area contributed by atoms with Gasteiger partial charge in [-0.25, -0.2) is 0 Å². The lowest BCUT2D eigenvalue weighted by molar-refractivity contribution is -0.143. The quantitative estimate of drug-likeness (QED) is 0.204. The molecule has 0 saturated heterocycles. The van der Waals surface area contributed by atoms with Gasteiger partial charge in [0.25, 0.3) is 0 Å². The van der Waals surface area contributed by atoms with E-state index >= 15 is 0 Å². The number of ketones is 1. The maximum Gasteiger partial charge on any atom is 0.305 e. The number of aliphatic hydroxyl groups excluding tert-OH is 2. The largest absolute Gasteiger partial charge is 0.466 e. The zero-order chi connectivity index (χ0) is 24.8. The molecule has 190 valence electrons. The van der Waals surface area contributed by atoms with Crippen LogP contribution in [-0.4, -0.2) is 59.4 Å². The molecular weight excluding hydrogens is 452 g/mol. The van der Waals surface area contributed by atoms with Crippen molar-refractivity contribution in [2.45, 2.75) is 70.7 Å². The fraction of sp³-hybridized carbons (Fsp3) is 0.630. The normalized spacial score (nSPS) is 21.3. The summed E-state index contributed by atoms with van der Waals surface area (Å²) < 4.78 is 10.3. The van der Waals surface area contributed by atoms with E-state index in [0.29, 0.717) is 32.5 Å². The molecule has 0 radical (unpaired) electrons. The maximum atomic E-state index is 12.4. The van der Waals surface area contributed by atoms with Gasteiger partial charge < -0.3 is 19.7 Å². The smallest absolute Gasteiger partial charge is 0.305 e. The number of hydrogen-bond donors (Lipinski definition) is 2. The van der Waals surface area contributed by atoms with Crippen molar-refractivity contribution in [3.63, 3.8) is 0 Å². The molecule has 0 heterocycles. The Balaban J connectivity index is 1.75. The van der Waals surface area contributed by atoms with Crippen LogP contribution < -0.4 is 0 Å². The number of methoxy groups -OCH3 is 1. The highest BCUT2D eigenvalue weighted by atomic mass is 32.2. The Labute approximate surface area is 208 Å². The first-order valence-electron chi connectivity index (χ1n) is 12.3. The first-order chi connectivity index (χ1) is 16.4. The fourth-order valence-corrected chi connectivity index (χ4v) is 5.18. The molecule has 1 aliphatic rings. The van der Waals surface area contributed by atoms with Crippen LogP contribution in [0.3, 0.4) is 0 Å². The van der Waals surface area contributed by atoms with Crippen LogP contribution in [0, 0.1) is 11.8 Å². The van der Waals surface area contributed by atoms with Crippen LogP contribution in [0.5, 0.6) is 0 Å². The number of Topliss-reactive ketones (excluding diaryl/α,β-unsaturated/α-hetero) is 1. The first-order valence-corrected chi connectivity index (χ1v) is 13.5. The van der Waals surface area contributed by atoms with Crippen LogP contribution in [0.2, 0.25) is 0 Å². The van der Waals surface area contributed by atoms with Gasteiger partial charge in [0, 0.05) is 38.2 Å². The van der Waals surface area contributed by atoms with Gasteiger partial charge in [0.15, 0.2) is 0 Å². The van der Waals surface area contributed by atoms with Crippen molar-refractivity contribution < 1.29 is 29.3 Å². The SMILES string of the molecule is CCCCOC(=O)CCCSCCC1C(=O)CC(O)C1C=CC(O)Cc1cccc(COC)c1. The number of unbranched alkanes of at least 4 members (excludes halogenated alkanes) is 1. The van der Waals surface area contributed by atoms with E-state index in [4.69, 9.17) is 9.47 Å². The number of benzene rings is 1. The Bertz CT molecular complexity index is 780. The number of thioether (sulfide) groups is 1. The number of ether oxygens (including phenoxy) is 2. The molecule has 1 aliphatic carbocycles. The summed E-state index contributed by atoms with van der Waals surface area (Å²) in [5.41, 5.74) is 2.07. The highest BCUT2D eigenvalue weighted by Crippen LogP contribution is 2.34. The van der Waals surface area contributed by atoms with Crippen molar-refractivity contribution >= 4 is 23.5 Å². The average molecular weight is 493 g/mol. The number of carbonyl (C=O) groups excluding carboxylic acids is 2. The summed E-state index contributed by atoms with van der Waals surface area (Å²) in [6.45, 7) is 3.09. The number of hydrogen-bond acceptors (Lipinski definition) is 7. The van der Waals surface area contributed by atoms with Crippen molar-refractivity contribution in [2.75, 3.05) is 25.2 Å². The third kappa shape index (κ3) is 10.3. The Morgan fingerprint density at radius 1 is 1.26 bits per heavy atom. The predicted molar refractivity (Wildman–Crippen MR) is 136 cm³/mol. The molecule has 1 aromatic rings. The molecule has 0 aromatic heterocycles. The molecule has 0 bridgehead atoms. The maximum absolute atomic E-state index is 12.4. The minimum Gasteiger partial charge on any atom is -0.466 e. The zero-order valence-electron chi connectivity index (χ0n) is 20.5. The van der Waals surface area contributed by atoms with E-state index in [1.165, 1.54) is 0 Å². The zero-order valence-corrected chi connectivity index (χ0v) is 21.3. The van der Waals surface area contributed by atoms with Crippen molar-refractivity contribution in [3.05, 3.63) is 47.5 Å². The van der Waals surface area contributed by atoms with E-state index in [2.05, 4.69) is 6.92 Å². The lowest BCUT2D eigenvalue weighted by Gasteiger charge is -2.18. The van der Waals surface area contributed by atoms with Gasteiger partial charge in [-0.2, -0.15) is 11.8 Å². The van der Waals surface area contributed by atoms with E-state index in [-0.39, 0.29) is 30.0 Å². The fourth-order valence-electron chi connectivity index (χ4n) is 4.20. The lowest BCUT2D eigenvalue weighted by atomic mass is 9.91. The van der Waals surface area contributed by atoms with Gasteiger partial charge in [-0.3, -0.25) is 9.59 Å². The van der Waals surface area contributed by atoms with E-state index in [9.17, 15) is 19.8 Å². The Morgan fingerprint density at radius 3 is 2.82 bits per heavy atom. The van der Waals surface area contributed by atoms with Gasteiger partial charge in [0.05, 0.1) is 25.4 Å². The topological polar surface area (TPSA) is 93.1 Å². The minimum atomic E-state index is -0.700. The standard InChI is InChI=1S/C27H40O6S/c1-3-4-13-33-27(31)9-6-14-34-15-12-24-23(25(29)18-26(24)30)11-10-22(28)17-20-7-5-8-21(16-20)19-32-2/h5,7-8,10-11,16,22-25,28-29H,3-4,6,9,12-15,17-19H2,1-2H3. The first kappa shape index (κ1) is 28.6. The van der Waals surface area contributed by atoms with Gasteiger partial charge in [-0.05, 0) is 41.9 Å². The third-order valence-electron chi connectivity index (χ3n) is 6.04. The highest BCUT2D eigenvalue weighted by molar-refractivity contribution is 7.99. The van der Waals surface area contributed by atoms with Crippen LogP contribution in [-0.2, 0) is 32.1 Å². The van der Waals surface area contributed by atoms with Crippen molar-refractivity contribution in [2.24, 2.45) is 11.8 Å². The van der Waals surface area contributed by atoms with E-state index in [0.717, 1.165) is 41.9 Å². The summed E-state index contributed by atoms with van der Waals surface area (Å²) in [6, 6.07) is 7.91. The Morgan fingerprint density at radius 2 is 2.06 bits per heavy atom. The summed E-state index contributed by atoms with van der Waals surface area (Å²) in [6.07, 6.45) is 6.56. The summed E-state index contributed by atoms with van der Waals surface area (Å²) in [4.78, 5) is 24.1. The molecular formula is C27H40O6S. The molecule has 2 N–H and O–H groups in total. The van der Waals surface area contributed by atoms with Crippen molar-refractivity contribution in [3.8, 4) is 0 Å². The van der Waals surface area contributed by atoms with Crippen LogP contribution in [0.25, 0.3) is 0 Å². The predicted octanol–water partition coefficient (Wildman–Crippen LogP) is 4.11. The van der Waals surface area contributed by atoms with Gasteiger partial charge in [-0.1, -0.05) is 49.8 Å². The molecule has 4 atom stereocenters. The minimum absolute atomic E-state index is 0.0870. The molecule has 0 spiro atoms. The second-order valence-corrected chi connectivity index (χ2v) is 10.1. The Kier molecular flexibility index (Phi) is 13.5. The molecule has 0 aliphatic heterocycles. The van der Waals surface area contributed by atoms with Crippen LogP contribution in [0.15, 0.2) is 36.4 Å². The van der Waals surface area contributed by atoms with Crippen LogP contribution in [0.4, 0.5) is 0 Å². The summed E-state index contributed by atoms with van der Waals surface area (Å²) in [7, 11) is 1.65. The molecule has 1 fully saturated rings. The van der Waals surface area contributed by atoms with E-state index in [1.807, 2.05) is 30.3 Å². The highest BCUT2D eigenvalue weighted by Gasteiger charge is 2.39. The molecule has 6 nitrogen and oxygen atoms in total. The second kappa shape index (κ2) is 16.1. The molecule has 4 unspecified atom stereocenters. The lowest BCUT2D eigenvalue weighted by Crippen LogP contribution is -2.20. The number of aliphatic hydroxyl groups is 2. The van der Waals surface area contributed by atoms with Gasteiger partial charge >= 0.3 is 5.97 Å². The van der Waals surface area contributed by atoms with Crippen LogP contribution in [0.1, 0.15) is 56.6 Å². The molecule has 1 saturated carbocycles. The summed E-state index contributed by atoms with van der Waals surface area (Å²) in [5.74, 6) is 1.09. The molecule has 0 amide bonds. The van der Waals surface area contributed by atoms with Crippen molar-refractivity contribution in [1.29, 1.82) is 0 Å². The van der Waals surface area contributed by atoms with E-state index in [1.54, 1.807) is 24.9 Å². The summed E-state index contributed by atoms with van der Waals surface area (Å²) >= 11 is 1.72. The molecule has 7 heteroatoms. The number of rotatable bonds is 16. The average Bonchev–Trinajstić information content (AvgIpc) is 3.07. The van der Waals surface area contributed by atoms with Crippen LogP contribution >= 0.6 is 11.8 Å². The summed E-state index contributed by atoms with van der Waals surface area (Å²) in [5, 5.41) is 20.9. The van der Waals surface area contributed by atoms with E-state index < -0.39 is 12.2 Å². The molecule has 1 aromatic carbocycles. The third-order valence-corrected chi connectivity index (χ3v) is 7.14. The van der Waals surface area contributed by atoms with Gasteiger partial charge in [-0.15, -0.1) is 0 Å². The van der Waals surface area contributed by atoms with Gasteiger partial charge in [0.1, 0.15) is 5.78 Å². The second-order valence-electron chi connectivity index (χ2n) is 8.91. The number of esters is 1. The van der Waals surface area contributed by atoms with Crippen molar-refractivity contribution in [1.82, 2.24) is 0 Å². The Hall–Kier alpha value is -1.67. The molecule has 34 heavy (non-hydrogen) atoms.